The van der Waals surface area contributed by atoms with E-state index in [1.54, 1.807) is 25.4 Å². The van der Waals surface area contributed by atoms with Gasteiger partial charge in [0.05, 0.1) is 19.3 Å². The molecule has 2 heterocycles. The summed E-state index contributed by atoms with van der Waals surface area (Å²) in [6.45, 7) is 1.28. The number of hydrogen-bond donors (Lipinski definition) is 1. The number of aliphatic hydroxyl groups excluding tert-OH is 1. The average molecular weight is 306 g/mol. The summed E-state index contributed by atoms with van der Waals surface area (Å²) in [6, 6.07) is 3.36. The summed E-state index contributed by atoms with van der Waals surface area (Å²) >= 11 is 0. The van der Waals surface area contributed by atoms with Crippen LogP contribution in [0.5, 0.6) is 5.88 Å². The molecule has 0 bridgehead atoms. The van der Waals surface area contributed by atoms with Gasteiger partial charge in [0.1, 0.15) is 0 Å². The van der Waals surface area contributed by atoms with E-state index >= 15 is 0 Å². The normalized spacial score (nSPS) is 26.6. The number of hydrogen-bond acceptors (Lipinski definition) is 5. The molecule has 1 aliphatic heterocycles. The van der Waals surface area contributed by atoms with Crippen molar-refractivity contribution >= 4 is 5.91 Å². The van der Waals surface area contributed by atoms with Crippen LogP contribution < -0.4 is 4.74 Å². The molecule has 1 amide bonds. The highest BCUT2D eigenvalue weighted by Crippen LogP contribution is 2.50. The maximum atomic E-state index is 12.6. The zero-order valence-corrected chi connectivity index (χ0v) is 13.0. The lowest BCUT2D eigenvalue weighted by atomic mass is 9.58. The Labute approximate surface area is 130 Å². The molecule has 1 N–H and O–H groups in total. The van der Waals surface area contributed by atoms with E-state index in [0.29, 0.717) is 31.0 Å². The van der Waals surface area contributed by atoms with E-state index in [0.717, 1.165) is 12.8 Å². The molecule has 22 heavy (non-hydrogen) atoms. The standard InChI is InChI=1S/C16H22N2O4/c1-21-13-10-12(19)16(13)4-7-18(8-5-16)15(20)11-3-6-17-14(9-11)22-2/h3,6,9,12-13,19H,4-5,7-8,10H2,1-2H3/t12-,13+/m1/s1. The molecule has 0 aromatic carbocycles. The molecule has 1 saturated carbocycles. The van der Waals surface area contributed by atoms with Crippen LogP contribution in [0, 0.1) is 5.41 Å². The largest absolute Gasteiger partial charge is 0.481 e. The number of pyridine rings is 1. The molecule has 1 saturated heterocycles. The van der Waals surface area contributed by atoms with Gasteiger partial charge in [0.2, 0.25) is 5.88 Å². The first-order valence-corrected chi connectivity index (χ1v) is 7.61. The minimum atomic E-state index is -0.310. The van der Waals surface area contributed by atoms with Crippen LogP contribution in [0.3, 0.4) is 0 Å². The van der Waals surface area contributed by atoms with Crippen molar-refractivity contribution in [1.29, 1.82) is 0 Å². The van der Waals surface area contributed by atoms with Gasteiger partial charge in [-0.25, -0.2) is 4.98 Å². The quantitative estimate of drug-likeness (QED) is 0.905. The smallest absolute Gasteiger partial charge is 0.254 e. The van der Waals surface area contributed by atoms with Crippen molar-refractivity contribution < 1.29 is 19.4 Å². The molecule has 6 nitrogen and oxygen atoms in total. The Morgan fingerprint density at radius 1 is 1.41 bits per heavy atom. The molecule has 0 radical (unpaired) electrons. The average Bonchev–Trinajstić information content (AvgIpc) is 2.59. The number of carbonyl (C=O) groups is 1. The summed E-state index contributed by atoms with van der Waals surface area (Å²) in [4.78, 5) is 18.4. The first-order valence-electron chi connectivity index (χ1n) is 7.61. The third kappa shape index (κ3) is 2.36. The Morgan fingerprint density at radius 3 is 2.73 bits per heavy atom. The van der Waals surface area contributed by atoms with Gasteiger partial charge in [-0.3, -0.25) is 4.79 Å². The molecule has 3 rings (SSSR count). The van der Waals surface area contributed by atoms with Gasteiger partial charge >= 0.3 is 0 Å². The van der Waals surface area contributed by atoms with Gasteiger partial charge in [-0.15, -0.1) is 0 Å². The summed E-state index contributed by atoms with van der Waals surface area (Å²) < 4.78 is 10.5. The Bertz CT molecular complexity index is 555. The molecule has 1 aliphatic carbocycles. The molecule has 0 unspecified atom stereocenters. The number of aromatic nitrogens is 1. The van der Waals surface area contributed by atoms with Crippen molar-refractivity contribution in [3.8, 4) is 5.88 Å². The molecule has 120 valence electrons. The van der Waals surface area contributed by atoms with Gasteiger partial charge < -0.3 is 19.5 Å². The highest BCUT2D eigenvalue weighted by atomic mass is 16.5. The topological polar surface area (TPSA) is 71.9 Å². The molecule has 2 fully saturated rings. The van der Waals surface area contributed by atoms with Crippen molar-refractivity contribution in [2.75, 3.05) is 27.3 Å². The Kier molecular flexibility index (Phi) is 4.06. The first kappa shape index (κ1) is 15.2. The number of piperidine rings is 1. The van der Waals surface area contributed by atoms with Crippen LogP contribution in [-0.4, -0.2) is 60.4 Å². The van der Waals surface area contributed by atoms with Crippen LogP contribution in [0.4, 0.5) is 0 Å². The van der Waals surface area contributed by atoms with E-state index in [9.17, 15) is 9.90 Å². The number of likely N-dealkylation sites (tertiary alicyclic amines) is 1. The second-order valence-corrected chi connectivity index (χ2v) is 6.09. The molecule has 1 spiro atoms. The first-order chi connectivity index (χ1) is 10.6. The van der Waals surface area contributed by atoms with Crippen molar-refractivity contribution in [2.24, 2.45) is 5.41 Å². The van der Waals surface area contributed by atoms with Gasteiger partial charge in [0, 0.05) is 49.9 Å². The van der Waals surface area contributed by atoms with E-state index < -0.39 is 0 Å². The van der Waals surface area contributed by atoms with E-state index in [2.05, 4.69) is 4.98 Å². The lowest BCUT2D eigenvalue weighted by Gasteiger charge is -2.56. The van der Waals surface area contributed by atoms with Crippen LogP contribution in [-0.2, 0) is 4.74 Å². The summed E-state index contributed by atoms with van der Waals surface area (Å²) in [5.74, 6) is 0.423. The number of amides is 1. The lowest BCUT2D eigenvalue weighted by molar-refractivity contribution is -0.199. The van der Waals surface area contributed by atoms with Crippen molar-refractivity contribution in [2.45, 2.75) is 31.5 Å². The fourth-order valence-corrected chi connectivity index (χ4v) is 3.68. The third-order valence-electron chi connectivity index (χ3n) is 5.20. The summed E-state index contributed by atoms with van der Waals surface area (Å²) in [6.07, 6.45) is 3.64. The van der Waals surface area contributed by atoms with Gasteiger partial charge in [-0.2, -0.15) is 0 Å². The summed E-state index contributed by atoms with van der Waals surface area (Å²) in [5.41, 5.74) is 0.418. The SMILES string of the molecule is COc1cc(C(=O)N2CCC3(CC2)[C@H](O)C[C@@H]3OC)ccn1. The zero-order chi connectivity index (χ0) is 15.7. The number of methoxy groups -OCH3 is 2. The van der Waals surface area contributed by atoms with Gasteiger partial charge in [-0.1, -0.05) is 0 Å². The van der Waals surface area contributed by atoms with Gasteiger partial charge in [-0.05, 0) is 18.9 Å². The monoisotopic (exact) mass is 306 g/mol. The van der Waals surface area contributed by atoms with Crippen LogP contribution in [0.1, 0.15) is 29.6 Å². The number of rotatable bonds is 3. The van der Waals surface area contributed by atoms with Crippen molar-refractivity contribution in [3.05, 3.63) is 23.9 Å². The summed E-state index contributed by atoms with van der Waals surface area (Å²) in [5, 5.41) is 10.1. The molecule has 6 heteroatoms. The van der Waals surface area contributed by atoms with E-state index in [4.69, 9.17) is 9.47 Å². The van der Waals surface area contributed by atoms with Gasteiger partial charge in [0.15, 0.2) is 0 Å². The molecule has 1 aromatic heterocycles. The van der Waals surface area contributed by atoms with Crippen LogP contribution in [0.2, 0.25) is 0 Å². The fourth-order valence-electron chi connectivity index (χ4n) is 3.68. The maximum Gasteiger partial charge on any atom is 0.254 e. The molecular weight excluding hydrogens is 284 g/mol. The Morgan fingerprint density at radius 2 is 2.14 bits per heavy atom. The minimum Gasteiger partial charge on any atom is -0.481 e. The third-order valence-corrected chi connectivity index (χ3v) is 5.20. The second kappa shape index (κ2) is 5.85. The number of carbonyl (C=O) groups excluding carboxylic acids is 1. The van der Waals surface area contributed by atoms with Crippen LogP contribution >= 0.6 is 0 Å². The number of nitrogens with zero attached hydrogens (tertiary/aromatic N) is 2. The lowest BCUT2D eigenvalue weighted by Crippen LogP contribution is -2.62. The van der Waals surface area contributed by atoms with Crippen LogP contribution in [0.25, 0.3) is 0 Å². The number of ether oxygens (including phenoxy) is 2. The molecule has 2 atom stereocenters. The zero-order valence-electron chi connectivity index (χ0n) is 13.0. The van der Waals surface area contributed by atoms with E-state index in [-0.39, 0.29) is 23.5 Å². The predicted molar refractivity (Wildman–Crippen MR) is 79.8 cm³/mol. The number of aliphatic hydroxyl groups is 1. The molecular formula is C16H22N2O4. The predicted octanol–water partition coefficient (Wildman–Crippen LogP) is 1.09. The van der Waals surface area contributed by atoms with E-state index in [1.165, 1.54) is 7.11 Å². The maximum absolute atomic E-state index is 12.6. The van der Waals surface area contributed by atoms with E-state index in [1.807, 2.05) is 4.90 Å². The highest BCUT2D eigenvalue weighted by Gasteiger charge is 2.56. The van der Waals surface area contributed by atoms with Crippen molar-refractivity contribution in [3.63, 3.8) is 0 Å². The fraction of sp³-hybridized carbons (Fsp3) is 0.625. The minimum absolute atomic E-state index is 0.0154. The van der Waals surface area contributed by atoms with Crippen LogP contribution in [0.15, 0.2) is 18.3 Å². The Balaban J connectivity index is 1.67. The highest BCUT2D eigenvalue weighted by molar-refractivity contribution is 5.94. The van der Waals surface area contributed by atoms with Crippen molar-refractivity contribution in [1.82, 2.24) is 9.88 Å². The second-order valence-electron chi connectivity index (χ2n) is 6.09. The summed E-state index contributed by atoms with van der Waals surface area (Å²) in [7, 11) is 3.23. The van der Waals surface area contributed by atoms with Gasteiger partial charge in [0.25, 0.3) is 5.91 Å². The Hall–Kier alpha value is -1.66. The molecule has 2 aliphatic rings. The molecule has 1 aromatic rings.